The van der Waals surface area contributed by atoms with Gasteiger partial charge in [-0.1, -0.05) is 18.2 Å². The number of rotatable bonds is 3. The lowest BCUT2D eigenvalue weighted by atomic mass is 10.0. The summed E-state index contributed by atoms with van der Waals surface area (Å²) in [5.41, 5.74) is 3.43. The molecule has 1 aliphatic heterocycles. The quantitative estimate of drug-likeness (QED) is 0.761. The van der Waals surface area contributed by atoms with Crippen molar-refractivity contribution >= 4 is 22.8 Å². The molecule has 0 atom stereocenters. The van der Waals surface area contributed by atoms with Crippen molar-refractivity contribution in [3.8, 4) is 0 Å². The summed E-state index contributed by atoms with van der Waals surface area (Å²) in [5, 5.41) is 10.0. The van der Waals surface area contributed by atoms with E-state index in [0.717, 1.165) is 22.2 Å². The molecule has 3 aromatic rings. The molecular weight excluding hydrogens is 335 g/mol. The monoisotopic (exact) mass is 352 g/mol. The maximum absolute atomic E-state index is 13.8. The zero-order valence-corrected chi connectivity index (χ0v) is 14.0. The number of halogens is 1. The third-order valence-corrected chi connectivity index (χ3v) is 4.87. The molecule has 0 saturated heterocycles. The lowest BCUT2D eigenvalue weighted by Gasteiger charge is -2.27. The summed E-state index contributed by atoms with van der Waals surface area (Å²) in [4.78, 5) is 28.9. The minimum absolute atomic E-state index is 0.0186. The second kappa shape index (κ2) is 6.29. The largest absolute Gasteiger partial charge is 0.478 e. The second-order valence-corrected chi connectivity index (χ2v) is 6.48. The maximum Gasteiger partial charge on any atom is 0.335 e. The second-order valence-electron chi connectivity index (χ2n) is 6.48. The average molecular weight is 352 g/mol. The van der Waals surface area contributed by atoms with E-state index in [1.165, 1.54) is 6.07 Å². The first-order chi connectivity index (χ1) is 12.5. The van der Waals surface area contributed by atoms with Gasteiger partial charge < -0.3 is 15.0 Å². The molecule has 4 rings (SSSR count). The number of hydrogen-bond donors (Lipinski definition) is 2. The van der Waals surface area contributed by atoms with E-state index in [2.05, 4.69) is 4.98 Å². The summed E-state index contributed by atoms with van der Waals surface area (Å²) >= 11 is 0. The number of carboxylic acid groups (broad SMARTS) is 1. The highest BCUT2D eigenvalue weighted by Gasteiger charge is 2.25. The van der Waals surface area contributed by atoms with Gasteiger partial charge in [-0.25, -0.2) is 9.18 Å². The predicted octanol–water partition coefficient (Wildman–Crippen LogP) is 3.13. The smallest absolute Gasteiger partial charge is 0.335 e. The van der Waals surface area contributed by atoms with Crippen LogP contribution in [0.15, 0.2) is 42.5 Å². The number of fused-ring (bicyclic) bond motifs is 3. The number of aromatic nitrogens is 1. The number of carbonyl (C=O) groups is 2. The Morgan fingerprint density at radius 1 is 1.19 bits per heavy atom. The van der Waals surface area contributed by atoms with Crippen molar-refractivity contribution in [1.82, 2.24) is 9.88 Å². The van der Waals surface area contributed by atoms with Gasteiger partial charge in [0.2, 0.25) is 5.91 Å². The lowest BCUT2D eigenvalue weighted by molar-refractivity contribution is -0.131. The van der Waals surface area contributed by atoms with Crippen molar-refractivity contribution < 1.29 is 19.1 Å². The predicted molar refractivity (Wildman–Crippen MR) is 94.5 cm³/mol. The summed E-state index contributed by atoms with van der Waals surface area (Å²) in [6.45, 7) is 0.949. The zero-order chi connectivity index (χ0) is 18.3. The number of aromatic carboxylic acids is 1. The fourth-order valence-electron chi connectivity index (χ4n) is 3.48. The molecule has 1 aromatic heterocycles. The summed E-state index contributed by atoms with van der Waals surface area (Å²) in [6, 6.07) is 11.2. The molecule has 0 aliphatic carbocycles. The van der Waals surface area contributed by atoms with Crippen LogP contribution in [-0.4, -0.2) is 33.4 Å². The summed E-state index contributed by atoms with van der Waals surface area (Å²) < 4.78 is 13.8. The van der Waals surface area contributed by atoms with E-state index in [1.54, 1.807) is 41.3 Å². The van der Waals surface area contributed by atoms with Gasteiger partial charge in [0.1, 0.15) is 5.82 Å². The van der Waals surface area contributed by atoms with Crippen LogP contribution in [0.4, 0.5) is 4.39 Å². The molecule has 0 spiro atoms. The average Bonchev–Trinajstić information content (AvgIpc) is 3.00. The van der Waals surface area contributed by atoms with Crippen molar-refractivity contribution in [2.45, 2.75) is 19.4 Å². The molecule has 0 fully saturated rings. The molecule has 2 aromatic carbocycles. The number of carbonyl (C=O) groups excluding carboxylic acids is 1. The highest BCUT2D eigenvalue weighted by Crippen LogP contribution is 2.29. The van der Waals surface area contributed by atoms with Crippen LogP contribution in [0.5, 0.6) is 0 Å². The van der Waals surface area contributed by atoms with E-state index in [-0.39, 0.29) is 23.7 Å². The lowest BCUT2D eigenvalue weighted by Crippen LogP contribution is -2.36. The molecule has 5 nitrogen and oxygen atoms in total. The van der Waals surface area contributed by atoms with Gasteiger partial charge in [-0.05, 0) is 29.8 Å². The maximum atomic E-state index is 13.8. The molecule has 0 saturated carbocycles. The van der Waals surface area contributed by atoms with E-state index in [1.807, 2.05) is 0 Å². The molecule has 1 aliphatic rings. The number of hydrogen-bond acceptors (Lipinski definition) is 2. The Morgan fingerprint density at radius 3 is 2.77 bits per heavy atom. The van der Waals surface area contributed by atoms with Crippen LogP contribution in [0.3, 0.4) is 0 Å². The van der Waals surface area contributed by atoms with Gasteiger partial charge in [0, 0.05) is 41.7 Å². The Bertz CT molecular complexity index is 1030. The first kappa shape index (κ1) is 16.3. The molecule has 2 N–H and O–H groups in total. The summed E-state index contributed by atoms with van der Waals surface area (Å²) in [6.07, 6.45) is 0.681. The SMILES string of the molecule is O=C(O)c1ccc2[nH]c3c(c2c1)CN(C(=O)Cc1ccccc1F)CC3. The van der Waals surface area contributed by atoms with E-state index < -0.39 is 5.97 Å². The topological polar surface area (TPSA) is 73.4 Å². The fourth-order valence-corrected chi connectivity index (χ4v) is 3.48. The molecule has 0 radical (unpaired) electrons. The van der Waals surface area contributed by atoms with Crippen LogP contribution in [0.25, 0.3) is 10.9 Å². The van der Waals surface area contributed by atoms with Gasteiger partial charge in [0.25, 0.3) is 0 Å². The molecule has 0 bridgehead atoms. The van der Waals surface area contributed by atoms with Crippen molar-refractivity contribution in [3.05, 3.63) is 70.7 Å². The Hall–Kier alpha value is -3.15. The minimum atomic E-state index is -0.981. The molecule has 2 heterocycles. The molecule has 1 amide bonds. The Kier molecular flexibility index (Phi) is 3.95. The van der Waals surface area contributed by atoms with E-state index in [9.17, 15) is 19.1 Å². The Labute approximate surface area is 149 Å². The standard InChI is InChI=1S/C20H17FN2O3/c21-16-4-2-1-3-12(16)10-19(24)23-8-7-18-15(11-23)14-9-13(20(25)26)5-6-17(14)22-18/h1-6,9,22H,7-8,10-11H2,(H,25,26). The van der Waals surface area contributed by atoms with E-state index in [0.29, 0.717) is 25.1 Å². The van der Waals surface area contributed by atoms with E-state index >= 15 is 0 Å². The van der Waals surface area contributed by atoms with Crippen LogP contribution in [0, 0.1) is 5.82 Å². The van der Waals surface area contributed by atoms with Crippen LogP contribution in [0.1, 0.15) is 27.2 Å². The minimum Gasteiger partial charge on any atom is -0.478 e. The first-order valence-corrected chi connectivity index (χ1v) is 8.41. The highest BCUT2D eigenvalue weighted by atomic mass is 19.1. The number of H-pyrrole nitrogens is 1. The van der Waals surface area contributed by atoms with Crippen LogP contribution >= 0.6 is 0 Å². The molecule has 6 heteroatoms. The fraction of sp³-hybridized carbons (Fsp3) is 0.200. The van der Waals surface area contributed by atoms with Gasteiger partial charge in [-0.2, -0.15) is 0 Å². The van der Waals surface area contributed by atoms with Crippen molar-refractivity contribution in [2.75, 3.05) is 6.54 Å². The van der Waals surface area contributed by atoms with Crippen LogP contribution in [-0.2, 0) is 24.2 Å². The van der Waals surface area contributed by atoms with Gasteiger partial charge in [0.15, 0.2) is 0 Å². The number of carboxylic acids is 1. The van der Waals surface area contributed by atoms with E-state index in [4.69, 9.17) is 0 Å². The summed E-state index contributed by atoms with van der Waals surface area (Å²) in [5.74, 6) is -1.49. The third-order valence-electron chi connectivity index (χ3n) is 4.87. The highest BCUT2D eigenvalue weighted by molar-refractivity contribution is 5.95. The number of benzene rings is 2. The Morgan fingerprint density at radius 2 is 2.00 bits per heavy atom. The zero-order valence-electron chi connectivity index (χ0n) is 14.0. The molecular formula is C20H17FN2O3. The van der Waals surface area contributed by atoms with Gasteiger partial charge in [-0.3, -0.25) is 4.79 Å². The van der Waals surface area contributed by atoms with Gasteiger partial charge in [0.05, 0.1) is 12.0 Å². The Balaban J connectivity index is 1.61. The summed E-state index contributed by atoms with van der Waals surface area (Å²) in [7, 11) is 0. The molecule has 0 unspecified atom stereocenters. The molecule has 26 heavy (non-hydrogen) atoms. The number of nitrogens with zero attached hydrogens (tertiary/aromatic N) is 1. The van der Waals surface area contributed by atoms with Crippen molar-refractivity contribution in [2.24, 2.45) is 0 Å². The normalized spacial score (nSPS) is 13.7. The van der Waals surface area contributed by atoms with Crippen LogP contribution in [0.2, 0.25) is 0 Å². The van der Waals surface area contributed by atoms with Crippen LogP contribution < -0.4 is 0 Å². The third kappa shape index (κ3) is 2.83. The number of nitrogens with one attached hydrogen (secondary N) is 1. The number of amides is 1. The van der Waals surface area contributed by atoms with Gasteiger partial charge in [-0.15, -0.1) is 0 Å². The number of aromatic amines is 1. The first-order valence-electron chi connectivity index (χ1n) is 8.41. The van der Waals surface area contributed by atoms with Crippen molar-refractivity contribution in [1.29, 1.82) is 0 Å². The van der Waals surface area contributed by atoms with Gasteiger partial charge >= 0.3 is 5.97 Å². The molecule has 132 valence electrons. The van der Waals surface area contributed by atoms with Crippen molar-refractivity contribution in [3.63, 3.8) is 0 Å².